The summed E-state index contributed by atoms with van der Waals surface area (Å²) in [6, 6.07) is 6.27. The molecule has 3 rings (SSSR count). The van der Waals surface area contributed by atoms with Crippen LogP contribution in [0.1, 0.15) is 23.2 Å². The van der Waals surface area contributed by atoms with Crippen molar-refractivity contribution in [3.63, 3.8) is 0 Å². The minimum atomic E-state index is 0.210. The molecule has 0 saturated carbocycles. The number of benzene rings is 1. The number of fused-ring (bicyclic) bond motifs is 2. The topological polar surface area (TPSA) is 38.9 Å². The lowest BCUT2D eigenvalue weighted by atomic mass is 9.91. The Bertz CT molecular complexity index is 634. The summed E-state index contributed by atoms with van der Waals surface area (Å²) in [4.78, 5) is 4.73. The molecule has 1 aromatic heterocycles. The number of hydrogen-bond acceptors (Lipinski definition) is 2. The molecular formula is C15H15ClN2. The van der Waals surface area contributed by atoms with Crippen LogP contribution in [0.15, 0.2) is 24.8 Å². The summed E-state index contributed by atoms with van der Waals surface area (Å²) in [6.45, 7) is 3.78. The zero-order valence-electron chi connectivity index (χ0n) is 10.1. The molecule has 2 N–H and O–H groups in total. The molecule has 18 heavy (non-hydrogen) atoms. The molecule has 0 spiro atoms. The smallest absolute Gasteiger partial charge is 0.0726 e. The van der Waals surface area contributed by atoms with Gasteiger partial charge in [0.25, 0.3) is 0 Å². The molecule has 1 aliphatic rings. The maximum atomic E-state index is 6.50. The van der Waals surface area contributed by atoms with Gasteiger partial charge in [0.2, 0.25) is 0 Å². The van der Waals surface area contributed by atoms with Crippen LogP contribution in [-0.4, -0.2) is 11.0 Å². The van der Waals surface area contributed by atoms with E-state index in [0.717, 1.165) is 52.0 Å². The Morgan fingerprint density at radius 1 is 1.44 bits per heavy atom. The maximum absolute atomic E-state index is 6.50. The zero-order chi connectivity index (χ0) is 12.7. The van der Waals surface area contributed by atoms with E-state index in [4.69, 9.17) is 22.3 Å². The van der Waals surface area contributed by atoms with E-state index in [9.17, 15) is 0 Å². The van der Waals surface area contributed by atoms with Crippen molar-refractivity contribution < 1.29 is 0 Å². The Morgan fingerprint density at radius 2 is 2.28 bits per heavy atom. The van der Waals surface area contributed by atoms with Crippen molar-refractivity contribution in [3.8, 4) is 0 Å². The van der Waals surface area contributed by atoms with Crippen molar-refractivity contribution >= 4 is 28.6 Å². The van der Waals surface area contributed by atoms with Crippen LogP contribution in [0, 0.1) is 0 Å². The predicted molar refractivity (Wildman–Crippen MR) is 76.8 cm³/mol. The van der Waals surface area contributed by atoms with E-state index in [2.05, 4.69) is 6.58 Å². The van der Waals surface area contributed by atoms with Gasteiger partial charge < -0.3 is 5.73 Å². The average Bonchev–Trinajstić information content (AvgIpc) is 2.39. The first-order valence-corrected chi connectivity index (χ1v) is 6.56. The van der Waals surface area contributed by atoms with Crippen LogP contribution in [0.2, 0.25) is 5.02 Å². The number of aromatic nitrogens is 1. The highest BCUT2D eigenvalue weighted by atomic mass is 35.5. The second kappa shape index (κ2) is 4.38. The quantitative estimate of drug-likeness (QED) is 0.852. The molecule has 3 heteroatoms. The molecule has 0 amide bonds. The summed E-state index contributed by atoms with van der Waals surface area (Å²) in [5, 5.41) is 1.83. The third-order valence-corrected chi connectivity index (χ3v) is 4.01. The van der Waals surface area contributed by atoms with Gasteiger partial charge in [-0.25, -0.2) is 0 Å². The van der Waals surface area contributed by atoms with Gasteiger partial charge >= 0.3 is 0 Å². The molecule has 1 heterocycles. The monoisotopic (exact) mass is 258 g/mol. The fourth-order valence-corrected chi connectivity index (χ4v) is 2.90. The van der Waals surface area contributed by atoms with Gasteiger partial charge in [-0.1, -0.05) is 36.4 Å². The minimum Gasteiger partial charge on any atom is -0.327 e. The van der Waals surface area contributed by atoms with Gasteiger partial charge in [0.05, 0.1) is 10.5 Å². The van der Waals surface area contributed by atoms with Crippen molar-refractivity contribution in [1.29, 1.82) is 0 Å². The van der Waals surface area contributed by atoms with E-state index in [-0.39, 0.29) is 6.04 Å². The lowest BCUT2D eigenvalue weighted by Crippen LogP contribution is -2.28. The van der Waals surface area contributed by atoms with Crippen molar-refractivity contribution in [3.05, 3.63) is 46.6 Å². The fraction of sp³-hybridized carbons (Fsp3) is 0.267. The molecule has 2 aromatic rings. The van der Waals surface area contributed by atoms with E-state index in [1.807, 2.05) is 24.3 Å². The second-order valence-corrected chi connectivity index (χ2v) is 5.21. The third kappa shape index (κ3) is 1.82. The molecule has 0 radical (unpaired) electrons. The highest BCUT2D eigenvalue weighted by Gasteiger charge is 2.21. The van der Waals surface area contributed by atoms with E-state index in [1.165, 1.54) is 0 Å². The first kappa shape index (κ1) is 11.7. The Morgan fingerprint density at radius 3 is 3.06 bits per heavy atom. The predicted octanol–water partition coefficient (Wildman–Crippen LogP) is 3.35. The standard InChI is InChI=1S/C15H15ClN2/c1-2-9-3-5-11-14(7-9)18-13-6-4-10(17)8-12(13)15(11)16/h2-3,5,7,10H,1,4,6,8,17H2. The first-order valence-electron chi connectivity index (χ1n) is 6.18. The molecular weight excluding hydrogens is 244 g/mol. The number of nitrogens with zero attached hydrogens (tertiary/aromatic N) is 1. The maximum Gasteiger partial charge on any atom is 0.0726 e. The fourth-order valence-electron chi connectivity index (χ4n) is 2.56. The first-order chi connectivity index (χ1) is 8.69. The van der Waals surface area contributed by atoms with E-state index in [1.54, 1.807) is 0 Å². The molecule has 0 saturated heterocycles. The Kier molecular flexibility index (Phi) is 2.84. The molecule has 1 aromatic carbocycles. The number of pyridine rings is 1. The molecule has 1 unspecified atom stereocenters. The van der Waals surface area contributed by atoms with Crippen LogP contribution >= 0.6 is 11.6 Å². The molecule has 2 nitrogen and oxygen atoms in total. The number of hydrogen-bond donors (Lipinski definition) is 1. The summed E-state index contributed by atoms with van der Waals surface area (Å²) < 4.78 is 0. The Labute approximate surface area is 111 Å². The lowest BCUT2D eigenvalue weighted by Gasteiger charge is -2.22. The molecule has 92 valence electrons. The molecule has 0 bridgehead atoms. The lowest BCUT2D eigenvalue weighted by molar-refractivity contribution is 0.568. The van der Waals surface area contributed by atoms with Crippen LogP contribution in [-0.2, 0) is 12.8 Å². The van der Waals surface area contributed by atoms with Gasteiger partial charge in [-0.05, 0) is 36.5 Å². The van der Waals surface area contributed by atoms with Crippen molar-refractivity contribution in [2.45, 2.75) is 25.3 Å². The molecule has 0 fully saturated rings. The van der Waals surface area contributed by atoms with Gasteiger partial charge in [-0.15, -0.1) is 0 Å². The third-order valence-electron chi connectivity index (χ3n) is 3.58. The molecule has 0 aliphatic heterocycles. The number of aryl methyl sites for hydroxylation is 1. The van der Waals surface area contributed by atoms with Gasteiger partial charge in [0.15, 0.2) is 0 Å². The zero-order valence-corrected chi connectivity index (χ0v) is 10.9. The molecule has 1 aliphatic carbocycles. The van der Waals surface area contributed by atoms with Crippen LogP contribution < -0.4 is 5.73 Å². The summed E-state index contributed by atoms with van der Waals surface area (Å²) in [6.07, 6.45) is 4.57. The summed E-state index contributed by atoms with van der Waals surface area (Å²) >= 11 is 6.50. The van der Waals surface area contributed by atoms with Gasteiger partial charge in [-0.3, -0.25) is 4.98 Å². The SMILES string of the molecule is C=Cc1ccc2c(Cl)c3c(nc2c1)CCC(N)C3. The summed E-state index contributed by atoms with van der Waals surface area (Å²) in [5.74, 6) is 0. The number of halogens is 1. The largest absolute Gasteiger partial charge is 0.327 e. The van der Waals surface area contributed by atoms with E-state index in [0.29, 0.717) is 0 Å². The normalized spacial score (nSPS) is 18.7. The summed E-state index contributed by atoms with van der Waals surface area (Å²) in [7, 11) is 0. The minimum absolute atomic E-state index is 0.210. The highest BCUT2D eigenvalue weighted by Crippen LogP contribution is 2.32. The summed E-state index contributed by atoms with van der Waals surface area (Å²) in [5.41, 5.74) is 10.3. The van der Waals surface area contributed by atoms with Crippen LogP contribution in [0.4, 0.5) is 0 Å². The van der Waals surface area contributed by atoms with E-state index < -0.39 is 0 Å². The van der Waals surface area contributed by atoms with Crippen LogP contribution in [0.5, 0.6) is 0 Å². The number of nitrogens with two attached hydrogens (primary N) is 1. The van der Waals surface area contributed by atoms with Crippen LogP contribution in [0.25, 0.3) is 17.0 Å². The van der Waals surface area contributed by atoms with Crippen molar-refractivity contribution in [1.82, 2.24) is 4.98 Å². The Hall–Kier alpha value is -1.38. The van der Waals surface area contributed by atoms with E-state index >= 15 is 0 Å². The van der Waals surface area contributed by atoms with Gasteiger partial charge in [0, 0.05) is 17.1 Å². The number of rotatable bonds is 1. The van der Waals surface area contributed by atoms with Crippen molar-refractivity contribution in [2.24, 2.45) is 5.73 Å². The second-order valence-electron chi connectivity index (χ2n) is 4.83. The van der Waals surface area contributed by atoms with Crippen LogP contribution in [0.3, 0.4) is 0 Å². The van der Waals surface area contributed by atoms with Crippen molar-refractivity contribution in [2.75, 3.05) is 0 Å². The highest BCUT2D eigenvalue weighted by molar-refractivity contribution is 6.36. The van der Waals surface area contributed by atoms with Gasteiger partial charge in [-0.2, -0.15) is 0 Å². The van der Waals surface area contributed by atoms with Gasteiger partial charge in [0.1, 0.15) is 0 Å². The molecule has 1 atom stereocenters. The Balaban J connectivity index is 2.26. The average molecular weight is 259 g/mol.